The number of nitrogens with zero attached hydrogens (tertiary/aromatic N) is 1. The molecule has 1 aliphatic carbocycles. The van der Waals surface area contributed by atoms with Crippen LogP contribution in [0.25, 0.3) is 0 Å². The number of aryl methyl sites for hydroxylation is 2. The number of aromatic nitrogens is 1. The van der Waals surface area contributed by atoms with Crippen molar-refractivity contribution in [3.05, 3.63) is 52.9 Å². The Bertz CT molecular complexity index is 608. The van der Waals surface area contributed by atoms with Crippen LogP contribution >= 0.6 is 0 Å². The first-order chi connectivity index (χ1) is 10.1. The van der Waals surface area contributed by atoms with Crippen LogP contribution in [0, 0.1) is 19.8 Å². The first-order valence-corrected chi connectivity index (χ1v) is 7.39. The van der Waals surface area contributed by atoms with Gasteiger partial charge in [-0.15, -0.1) is 0 Å². The van der Waals surface area contributed by atoms with Gasteiger partial charge in [0.2, 0.25) is 5.91 Å². The molecule has 1 amide bonds. The molecule has 2 aromatic rings. The van der Waals surface area contributed by atoms with Gasteiger partial charge >= 0.3 is 0 Å². The molecule has 0 aliphatic heterocycles. The monoisotopic (exact) mass is 284 g/mol. The van der Waals surface area contributed by atoms with Gasteiger partial charge < -0.3 is 9.84 Å². The first kappa shape index (κ1) is 13.9. The molecule has 1 aromatic carbocycles. The van der Waals surface area contributed by atoms with E-state index >= 15 is 0 Å². The predicted octanol–water partition coefficient (Wildman–Crippen LogP) is 3.10. The van der Waals surface area contributed by atoms with Crippen LogP contribution < -0.4 is 5.32 Å². The lowest BCUT2D eigenvalue weighted by Crippen LogP contribution is -2.37. The normalized spacial score (nSPS) is 20.9. The molecular formula is C17H20N2O2. The van der Waals surface area contributed by atoms with Crippen molar-refractivity contribution in [1.82, 2.24) is 10.5 Å². The van der Waals surface area contributed by atoms with Gasteiger partial charge in [-0.05, 0) is 38.2 Å². The summed E-state index contributed by atoms with van der Waals surface area (Å²) in [5.74, 6) is 1.59. The standard InChI is InChI=1S/C17H20N2O2/c1-11-16(12(2)21-19-11)10-18-17(20)15-8-14(9-15)13-6-4-3-5-7-13/h3-7,14-15H,8-10H2,1-2H3,(H,18,20). The van der Waals surface area contributed by atoms with Crippen LogP contribution in [0.15, 0.2) is 34.9 Å². The molecule has 1 aliphatic rings. The summed E-state index contributed by atoms with van der Waals surface area (Å²) >= 11 is 0. The van der Waals surface area contributed by atoms with Crippen LogP contribution in [0.5, 0.6) is 0 Å². The predicted molar refractivity (Wildman–Crippen MR) is 79.7 cm³/mol. The Morgan fingerprint density at radius 1 is 1.29 bits per heavy atom. The Hall–Kier alpha value is -2.10. The third-order valence-electron chi connectivity index (χ3n) is 4.40. The van der Waals surface area contributed by atoms with Crippen molar-refractivity contribution in [3.63, 3.8) is 0 Å². The average Bonchev–Trinajstić information content (AvgIpc) is 2.75. The molecule has 1 saturated carbocycles. The van der Waals surface area contributed by atoms with E-state index in [1.54, 1.807) is 0 Å². The Kier molecular flexibility index (Phi) is 3.78. The summed E-state index contributed by atoms with van der Waals surface area (Å²) in [5.41, 5.74) is 3.18. The molecule has 1 fully saturated rings. The molecule has 0 unspecified atom stereocenters. The second kappa shape index (κ2) is 5.72. The summed E-state index contributed by atoms with van der Waals surface area (Å²) in [4.78, 5) is 12.2. The summed E-state index contributed by atoms with van der Waals surface area (Å²) in [5, 5.41) is 6.90. The number of carbonyl (C=O) groups excluding carboxylic acids is 1. The summed E-state index contributed by atoms with van der Waals surface area (Å²) in [6.45, 7) is 4.27. The van der Waals surface area contributed by atoms with Crippen LogP contribution in [-0.2, 0) is 11.3 Å². The van der Waals surface area contributed by atoms with Gasteiger partial charge in [-0.3, -0.25) is 4.79 Å². The van der Waals surface area contributed by atoms with E-state index in [-0.39, 0.29) is 11.8 Å². The molecule has 4 nitrogen and oxygen atoms in total. The fraction of sp³-hybridized carbons (Fsp3) is 0.412. The van der Waals surface area contributed by atoms with Crippen molar-refractivity contribution >= 4 is 5.91 Å². The fourth-order valence-corrected chi connectivity index (χ4v) is 2.90. The molecule has 21 heavy (non-hydrogen) atoms. The number of hydrogen-bond donors (Lipinski definition) is 1. The van der Waals surface area contributed by atoms with E-state index in [2.05, 4.69) is 34.7 Å². The number of benzene rings is 1. The molecule has 1 heterocycles. The molecule has 0 spiro atoms. The highest BCUT2D eigenvalue weighted by Gasteiger charge is 2.35. The molecule has 4 heteroatoms. The summed E-state index contributed by atoms with van der Waals surface area (Å²) in [6.07, 6.45) is 1.88. The molecule has 1 aromatic heterocycles. The zero-order valence-corrected chi connectivity index (χ0v) is 12.4. The minimum absolute atomic E-state index is 0.135. The van der Waals surface area contributed by atoms with Crippen molar-refractivity contribution in [3.8, 4) is 0 Å². The third-order valence-corrected chi connectivity index (χ3v) is 4.40. The minimum atomic E-state index is 0.135. The summed E-state index contributed by atoms with van der Waals surface area (Å²) < 4.78 is 5.10. The molecule has 110 valence electrons. The van der Waals surface area contributed by atoms with Gasteiger partial charge in [0.05, 0.1) is 5.69 Å². The maximum atomic E-state index is 12.2. The molecule has 0 radical (unpaired) electrons. The number of carbonyl (C=O) groups is 1. The van der Waals surface area contributed by atoms with Gasteiger partial charge in [0.25, 0.3) is 0 Å². The van der Waals surface area contributed by atoms with E-state index in [0.717, 1.165) is 29.9 Å². The number of amides is 1. The molecule has 1 N–H and O–H groups in total. The van der Waals surface area contributed by atoms with Crippen molar-refractivity contribution in [1.29, 1.82) is 0 Å². The second-order valence-corrected chi connectivity index (χ2v) is 5.80. The van der Waals surface area contributed by atoms with Gasteiger partial charge in [-0.1, -0.05) is 35.5 Å². The third kappa shape index (κ3) is 2.84. The average molecular weight is 284 g/mol. The van der Waals surface area contributed by atoms with Gasteiger partial charge in [0, 0.05) is 18.0 Å². The maximum Gasteiger partial charge on any atom is 0.223 e. The van der Waals surface area contributed by atoms with E-state index < -0.39 is 0 Å². The van der Waals surface area contributed by atoms with Gasteiger partial charge in [-0.2, -0.15) is 0 Å². The van der Waals surface area contributed by atoms with E-state index in [1.807, 2.05) is 19.9 Å². The minimum Gasteiger partial charge on any atom is -0.361 e. The van der Waals surface area contributed by atoms with Gasteiger partial charge in [0.15, 0.2) is 0 Å². The SMILES string of the molecule is Cc1noc(C)c1CNC(=O)C1CC(c2ccccc2)C1. The van der Waals surface area contributed by atoms with Crippen LogP contribution in [-0.4, -0.2) is 11.1 Å². The van der Waals surface area contributed by atoms with Crippen LogP contribution in [0.1, 0.15) is 41.3 Å². The Balaban J connectivity index is 1.50. The molecule has 0 saturated heterocycles. The highest BCUT2D eigenvalue weighted by molar-refractivity contribution is 5.79. The first-order valence-electron chi connectivity index (χ1n) is 7.39. The lowest BCUT2D eigenvalue weighted by molar-refractivity contribution is -0.128. The smallest absolute Gasteiger partial charge is 0.223 e. The lowest BCUT2D eigenvalue weighted by Gasteiger charge is -2.34. The zero-order chi connectivity index (χ0) is 14.8. The van der Waals surface area contributed by atoms with E-state index in [4.69, 9.17) is 4.52 Å². The quantitative estimate of drug-likeness (QED) is 0.938. The number of hydrogen-bond acceptors (Lipinski definition) is 3. The number of nitrogens with one attached hydrogen (secondary N) is 1. The van der Waals surface area contributed by atoms with Crippen molar-refractivity contribution in [2.45, 2.75) is 39.2 Å². The zero-order valence-electron chi connectivity index (χ0n) is 12.4. The maximum absolute atomic E-state index is 12.2. The van der Waals surface area contributed by atoms with Crippen molar-refractivity contribution < 1.29 is 9.32 Å². The molecule has 3 rings (SSSR count). The summed E-state index contributed by atoms with van der Waals surface area (Å²) in [6, 6.07) is 10.4. The van der Waals surface area contributed by atoms with E-state index in [9.17, 15) is 4.79 Å². The van der Waals surface area contributed by atoms with Crippen molar-refractivity contribution in [2.24, 2.45) is 5.92 Å². The van der Waals surface area contributed by atoms with Crippen LogP contribution in [0.3, 0.4) is 0 Å². The Morgan fingerprint density at radius 2 is 2.00 bits per heavy atom. The molecule has 0 bridgehead atoms. The fourth-order valence-electron chi connectivity index (χ4n) is 2.90. The second-order valence-electron chi connectivity index (χ2n) is 5.80. The highest BCUT2D eigenvalue weighted by Crippen LogP contribution is 2.41. The Morgan fingerprint density at radius 3 is 2.62 bits per heavy atom. The summed E-state index contributed by atoms with van der Waals surface area (Å²) in [7, 11) is 0. The van der Waals surface area contributed by atoms with Crippen LogP contribution in [0.2, 0.25) is 0 Å². The number of rotatable bonds is 4. The van der Waals surface area contributed by atoms with Gasteiger partial charge in [0.1, 0.15) is 5.76 Å². The van der Waals surface area contributed by atoms with Gasteiger partial charge in [-0.25, -0.2) is 0 Å². The van der Waals surface area contributed by atoms with Crippen LogP contribution in [0.4, 0.5) is 0 Å². The Labute approximate surface area is 124 Å². The largest absolute Gasteiger partial charge is 0.361 e. The lowest BCUT2D eigenvalue weighted by atomic mass is 9.71. The molecule has 0 atom stereocenters. The van der Waals surface area contributed by atoms with E-state index in [0.29, 0.717) is 12.5 Å². The van der Waals surface area contributed by atoms with Crippen molar-refractivity contribution in [2.75, 3.05) is 0 Å². The molecular weight excluding hydrogens is 264 g/mol. The van der Waals surface area contributed by atoms with E-state index in [1.165, 1.54) is 5.56 Å². The highest BCUT2D eigenvalue weighted by atomic mass is 16.5. The topological polar surface area (TPSA) is 55.1 Å².